The van der Waals surface area contributed by atoms with Gasteiger partial charge in [0, 0.05) is 18.2 Å². The van der Waals surface area contributed by atoms with E-state index in [0.717, 1.165) is 35.7 Å². The van der Waals surface area contributed by atoms with Crippen LogP contribution in [0.5, 0.6) is 0 Å². The molecule has 2 N–H and O–H groups in total. The van der Waals surface area contributed by atoms with E-state index in [0.29, 0.717) is 11.2 Å². The van der Waals surface area contributed by atoms with Gasteiger partial charge in [-0.15, -0.1) is 0 Å². The predicted molar refractivity (Wildman–Crippen MR) is 80.1 cm³/mol. The Morgan fingerprint density at radius 2 is 1.70 bits per heavy atom. The number of anilines is 1. The van der Waals surface area contributed by atoms with Crippen LogP contribution in [-0.2, 0) is 6.42 Å². The predicted octanol–water partition coefficient (Wildman–Crippen LogP) is 3.52. The highest BCUT2D eigenvalue weighted by Gasteiger charge is 2.50. The van der Waals surface area contributed by atoms with Crippen LogP contribution in [0.2, 0.25) is 0 Å². The van der Waals surface area contributed by atoms with Crippen molar-refractivity contribution in [1.82, 2.24) is 9.97 Å². The van der Waals surface area contributed by atoms with Gasteiger partial charge in [0.05, 0.1) is 0 Å². The number of hydrogen-bond acceptors (Lipinski definition) is 3. The lowest BCUT2D eigenvalue weighted by molar-refractivity contribution is -0.0572. The summed E-state index contributed by atoms with van der Waals surface area (Å²) in [5, 5.41) is 0. The lowest BCUT2D eigenvalue weighted by Crippen LogP contribution is -2.46. The normalized spacial score (nSPS) is 38.4. The molecule has 1 aromatic rings. The number of hydrogen-bond donors (Lipinski definition) is 1. The molecule has 108 valence electrons. The Balaban J connectivity index is 1.49. The average Bonchev–Trinajstić information content (AvgIpc) is 2.34. The van der Waals surface area contributed by atoms with Gasteiger partial charge >= 0.3 is 0 Å². The molecule has 4 saturated carbocycles. The molecule has 5 rings (SSSR count). The Morgan fingerprint density at radius 1 is 1.10 bits per heavy atom. The van der Waals surface area contributed by atoms with Crippen molar-refractivity contribution in [2.24, 2.45) is 23.2 Å². The van der Waals surface area contributed by atoms with Crippen molar-refractivity contribution >= 4 is 5.82 Å². The first-order chi connectivity index (χ1) is 9.60. The summed E-state index contributed by atoms with van der Waals surface area (Å²) in [6.07, 6.45) is 11.3. The second-order valence-electron chi connectivity index (χ2n) is 7.77. The summed E-state index contributed by atoms with van der Waals surface area (Å²) >= 11 is 0. The van der Waals surface area contributed by atoms with E-state index in [1.165, 1.54) is 44.9 Å². The molecule has 1 aromatic heterocycles. The second kappa shape index (κ2) is 4.44. The third-order valence-corrected chi connectivity index (χ3v) is 5.96. The van der Waals surface area contributed by atoms with Crippen molar-refractivity contribution in [2.75, 3.05) is 5.73 Å². The summed E-state index contributed by atoms with van der Waals surface area (Å²) in [6, 6.07) is 1.86. The van der Waals surface area contributed by atoms with E-state index in [4.69, 9.17) is 5.73 Å². The van der Waals surface area contributed by atoms with Gasteiger partial charge in [-0.2, -0.15) is 0 Å². The van der Waals surface area contributed by atoms with Crippen LogP contribution in [0, 0.1) is 30.1 Å². The molecule has 0 amide bonds. The molecule has 4 fully saturated rings. The Kier molecular flexibility index (Phi) is 2.80. The molecule has 0 unspecified atom stereocenters. The third kappa shape index (κ3) is 2.21. The van der Waals surface area contributed by atoms with E-state index in [9.17, 15) is 0 Å². The zero-order chi connectivity index (χ0) is 13.7. The van der Waals surface area contributed by atoms with Crippen molar-refractivity contribution in [1.29, 1.82) is 0 Å². The largest absolute Gasteiger partial charge is 0.384 e. The van der Waals surface area contributed by atoms with Crippen LogP contribution < -0.4 is 5.73 Å². The van der Waals surface area contributed by atoms with Gasteiger partial charge in [-0.1, -0.05) is 0 Å². The van der Waals surface area contributed by atoms with E-state index in [-0.39, 0.29) is 0 Å². The summed E-state index contributed by atoms with van der Waals surface area (Å²) in [7, 11) is 0. The Morgan fingerprint density at radius 3 is 2.25 bits per heavy atom. The van der Waals surface area contributed by atoms with Gasteiger partial charge in [-0.3, -0.25) is 0 Å². The molecule has 0 radical (unpaired) electrons. The number of nitrogen functional groups attached to an aromatic ring is 1. The first-order valence-corrected chi connectivity index (χ1v) is 8.20. The highest BCUT2D eigenvalue weighted by atomic mass is 14.9. The SMILES string of the molecule is Cc1cc(N)nc(CCC23CC4CC(CC(C4)C2)C3)n1. The van der Waals surface area contributed by atoms with Gasteiger partial charge in [0.2, 0.25) is 0 Å². The monoisotopic (exact) mass is 271 g/mol. The highest BCUT2D eigenvalue weighted by Crippen LogP contribution is 2.61. The summed E-state index contributed by atoms with van der Waals surface area (Å²) in [6.45, 7) is 2.01. The van der Waals surface area contributed by atoms with Gasteiger partial charge in [0.15, 0.2) is 0 Å². The summed E-state index contributed by atoms with van der Waals surface area (Å²) in [4.78, 5) is 8.98. The average molecular weight is 271 g/mol. The van der Waals surface area contributed by atoms with Gasteiger partial charge in [0.25, 0.3) is 0 Å². The highest BCUT2D eigenvalue weighted by molar-refractivity contribution is 5.29. The number of nitrogens with zero attached hydrogens (tertiary/aromatic N) is 2. The molecule has 3 nitrogen and oxygen atoms in total. The van der Waals surface area contributed by atoms with Crippen LogP contribution >= 0.6 is 0 Å². The molecular weight excluding hydrogens is 246 g/mol. The Hall–Kier alpha value is -1.12. The van der Waals surface area contributed by atoms with Gasteiger partial charge in [0.1, 0.15) is 11.6 Å². The summed E-state index contributed by atoms with van der Waals surface area (Å²) < 4.78 is 0. The smallest absolute Gasteiger partial charge is 0.131 e. The van der Waals surface area contributed by atoms with Crippen LogP contribution in [0.4, 0.5) is 5.82 Å². The molecular formula is C17H25N3. The standard InChI is InChI=1S/C17H25N3/c1-11-4-15(18)20-16(19-11)2-3-17-8-12-5-13(9-17)7-14(6-12)10-17/h4,12-14H,2-3,5-10H2,1H3,(H2,18,19,20). The van der Waals surface area contributed by atoms with Crippen LogP contribution in [0.25, 0.3) is 0 Å². The molecule has 1 heterocycles. The van der Waals surface area contributed by atoms with Crippen LogP contribution in [0.1, 0.15) is 56.5 Å². The Bertz CT molecular complexity index is 467. The van der Waals surface area contributed by atoms with Gasteiger partial charge in [-0.05, 0) is 75.0 Å². The lowest BCUT2D eigenvalue weighted by atomic mass is 9.48. The molecule has 0 aromatic carbocycles. The minimum Gasteiger partial charge on any atom is -0.384 e. The Labute approximate surface area is 121 Å². The molecule has 0 aliphatic heterocycles. The fourth-order valence-electron chi connectivity index (χ4n) is 5.74. The fraction of sp³-hybridized carbons (Fsp3) is 0.765. The van der Waals surface area contributed by atoms with E-state index < -0.39 is 0 Å². The maximum absolute atomic E-state index is 5.84. The number of aromatic nitrogens is 2. The maximum Gasteiger partial charge on any atom is 0.131 e. The fourth-order valence-corrected chi connectivity index (χ4v) is 5.74. The zero-order valence-corrected chi connectivity index (χ0v) is 12.4. The minimum atomic E-state index is 0.622. The van der Waals surface area contributed by atoms with Gasteiger partial charge in [-0.25, -0.2) is 9.97 Å². The maximum atomic E-state index is 5.84. The lowest BCUT2D eigenvalue weighted by Gasteiger charge is -2.57. The molecule has 20 heavy (non-hydrogen) atoms. The first-order valence-electron chi connectivity index (χ1n) is 8.20. The van der Waals surface area contributed by atoms with Crippen LogP contribution in [0.15, 0.2) is 6.07 Å². The zero-order valence-electron chi connectivity index (χ0n) is 12.4. The summed E-state index contributed by atoms with van der Waals surface area (Å²) in [5.41, 5.74) is 7.46. The molecule has 4 bridgehead atoms. The van der Waals surface area contributed by atoms with Crippen LogP contribution in [0.3, 0.4) is 0 Å². The number of nitrogens with two attached hydrogens (primary N) is 1. The van der Waals surface area contributed by atoms with Crippen molar-refractivity contribution in [3.8, 4) is 0 Å². The van der Waals surface area contributed by atoms with E-state index >= 15 is 0 Å². The molecule has 4 aliphatic carbocycles. The number of aryl methyl sites for hydroxylation is 2. The van der Waals surface area contributed by atoms with Crippen molar-refractivity contribution < 1.29 is 0 Å². The summed E-state index contributed by atoms with van der Waals surface area (Å²) in [5.74, 6) is 4.68. The van der Waals surface area contributed by atoms with E-state index in [1.807, 2.05) is 13.0 Å². The number of rotatable bonds is 3. The van der Waals surface area contributed by atoms with Crippen molar-refractivity contribution in [2.45, 2.75) is 58.3 Å². The van der Waals surface area contributed by atoms with E-state index in [2.05, 4.69) is 9.97 Å². The molecule has 4 aliphatic rings. The third-order valence-electron chi connectivity index (χ3n) is 5.96. The van der Waals surface area contributed by atoms with Crippen LogP contribution in [-0.4, -0.2) is 9.97 Å². The topological polar surface area (TPSA) is 51.8 Å². The first kappa shape index (κ1) is 12.6. The molecule has 3 heteroatoms. The molecule has 0 atom stereocenters. The quantitative estimate of drug-likeness (QED) is 0.915. The van der Waals surface area contributed by atoms with Crippen molar-refractivity contribution in [3.05, 3.63) is 17.6 Å². The van der Waals surface area contributed by atoms with E-state index in [1.54, 1.807) is 0 Å². The molecule has 0 spiro atoms. The second-order valence-corrected chi connectivity index (χ2v) is 7.77. The van der Waals surface area contributed by atoms with Crippen molar-refractivity contribution in [3.63, 3.8) is 0 Å². The minimum absolute atomic E-state index is 0.622. The van der Waals surface area contributed by atoms with Gasteiger partial charge < -0.3 is 5.73 Å². The molecule has 0 saturated heterocycles.